The first kappa shape index (κ1) is 23.0. The maximum Gasteiger partial charge on any atom is 0.267 e. The van der Waals surface area contributed by atoms with Crippen LogP contribution in [0.4, 0.5) is 19.1 Å². The lowest BCUT2D eigenvalue weighted by atomic mass is 9.81. The summed E-state index contributed by atoms with van der Waals surface area (Å²) in [7, 11) is -4.45. The molecular weight excluding hydrogens is 457 g/mol. The number of hydrogen-bond donors (Lipinski definition) is 2. The topological polar surface area (TPSA) is 93.2 Å². The van der Waals surface area contributed by atoms with Crippen LogP contribution in [-0.2, 0) is 10.0 Å². The third-order valence-corrected chi connectivity index (χ3v) is 6.77. The monoisotopic (exact) mass is 478 g/mol. The van der Waals surface area contributed by atoms with Crippen LogP contribution in [0.1, 0.15) is 17.9 Å². The summed E-state index contributed by atoms with van der Waals surface area (Å²) in [5.41, 5.74) is 0.939. The molecule has 1 fully saturated rings. The van der Waals surface area contributed by atoms with Gasteiger partial charge >= 0.3 is 0 Å². The molecule has 0 bridgehead atoms. The molecule has 2 atom stereocenters. The molecular formula is C22H21F3N4O3S. The van der Waals surface area contributed by atoms with E-state index in [2.05, 4.69) is 15.3 Å². The Labute approximate surface area is 189 Å². The SMILES string of the molecule is O=S(=O)(Nc1ncccn1)c1cc(F)c(OCC2CNCCC2c2ccc(F)cc2)cc1F. The van der Waals surface area contributed by atoms with Gasteiger partial charge in [-0.05, 0) is 42.6 Å². The van der Waals surface area contributed by atoms with Crippen molar-refractivity contribution in [3.8, 4) is 5.75 Å². The smallest absolute Gasteiger partial charge is 0.267 e. The number of nitrogens with one attached hydrogen (secondary N) is 2. The van der Waals surface area contributed by atoms with Crippen molar-refractivity contribution in [3.05, 3.63) is 77.9 Å². The van der Waals surface area contributed by atoms with Gasteiger partial charge in [0.2, 0.25) is 5.95 Å². The number of benzene rings is 2. The van der Waals surface area contributed by atoms with E-state index in [1.165, 1.54) is 30.6 Å². The molecule has 11 heteroatoms. The van der Waals surface area contributed by atoms with Gasteiger partial charge in [-0.1, -0.05) is 12.1 Å². The molecule has 2 heterocycles. The maximum absolute atomic E-state index is 14.6. The van der Waals surface area contributed by atoms with Crippen molar-refractivity contribution in [2.45, 2.75) is 17.2 Å². The Bertz CT molecular complexity index is 1210. The first-order valence-electron chi connectivity index (χ1n) is 10.2. The molecule has 0 saturated carbocycles. The van der Waals surface area contributed by atoms with E-state index in [0.29, 0.717) is 18.7 Å². The number of halogens is 3. The lowest BCUT2D eigenvalue weighted by Crippen LogP contribution is -2.38. The highest BCUT2D eigenvalue weighted by Crippen LogP contribution is 2.32. The second kappa shape index (κ2) is 9.75. The number of aromatic nitrogens is 2. The number of anilines is 1. The number of rotatable bonds is 7. The van der Waals surface area contributed by atoms with Gasteiger partial charge in [0.05, 0.1) is 6.61 Å². The number of nitrogens with zero attached hydrogens (tertiary/aromatic N) is 2. The Morgan fingerprint density at radius 2 is 1.79 bits per heavy atom. The number of hydrogen-bond acceptors (Lipinski definition) is 6. The van der Waals surface area contributed by atoms with Crippen LogP contribution < -0.4 is 14.8 Å². The standard InChI is InChI=1S/C22H21F3N4O3S/c23-16-4-2-14(3-5-16)17-6-9-26-12-15(17)13-32-20-10-19(25)21(11-18(20)24)33(30,31)29-22-27-7-1-8-28-22/h1-5,7-8,10-11,15,17,26H,6,9,12-13H2,(H,27,28,29). The Hall–Kier alpha value is -3.18. The van der Waals surface area contributed by atoms with Gasteiger partial charge in [0.1, 0.15) is 16.5 Å². The second-order valence-corrected chi connectivity index (χ2v) is 9.26. The summed E-state index contributed by atoms with van der Waals surface area (Å²) in [4.78, 5) is 6.53. The van der Waals surface area contributed by atoms with Crippen molar-refractivity contribution >= 4 is 16.0 Å². The van der Waals surface area contributed by atoms with Gasteiger partial charge < -0.3 is 10.1 Å². The van der Waals surface area contributed by atoms with Crippen LogP contribution in [0.3, 0.4) is 0 Å². The first-order valence-corrected chi connectivity index (χ1v) is 11.7. The predicted octanol–water partition coefficient (Wildman–Crippen LogP) is 3.47. The fourth-order valence-corrected chi connectivity index (χ4v) is 4.83. The number of ether oxygens (including phenoxy) is 1. The molecule has 174 valence electrons. The van der Waals surface area contributed by atoms with Crippen LogP contribution >= 0.6 is 0 Å². The first-order chi connectivity index (χ1) is 15.8. The fraction of sp³-hybridized carbons (Fsp3) is 0.273. The molecule has 2 aromatic carbocycles. The van der Waals surface area contributed by atoms with Crippen molar-refractivity contribution in [3.63, 3.8) is 0 Å². The summed E-state index contributed by atoms with van der Waals surface area (Å²) in [5.74, 6) is -3.22. The van der Waals surface area contributed by atoms with E-state index in [-0.39, 0.29) is 30.2 Å². The third-order valence-electron chi connectivity index (χ3n) is 5.43. The van der Waals surface area contributed by atoms with Crippen LogP contribution in [0.25, 0.3) is 0 Å². The van der Waals surface area contributed by atoms with Crippen molar-refractivity contribution in [2.75, 3.05) is 24.4 Å². The normalized spacial score (nSPS) is 18.6. The molecule has 4 rings (SSSR count). The summed E-state index contributed by atoms with van der Waals surface area (Å²) in [6, 6.07) is 8.94. The second-order valence-electron chi connectivity index (χ2n) is 7.61. The van der Waals surface area contributed by atoms with E-state index in [1.54, 1.807) is 12.1 Å². The van der Waals surface area contributed by atoms with E-state index in [1.807, 2.05) is 4.72 Å². The van der Waals surface area contributed by atoms with Crippen molar-refractivity contribution < 1.29 is 26.3 Å². The zero-order valence-corrected chi connectivity index (χ0v) is 18.2. The van der Waals surface area contributed by atoms with Crippen LogP contribution in [0.5, 0.6) is 5.75 Å². The minimum atomic E-state index is -4.45. The third kappa shape index (κ3) is 5.42. The van der Waals surface area contributed by atoms with Gasteiger partial charge in [0, 0.05) is 37.0 Å². The molecule has 3 aromatic rings. The van der Waals surface area contributed by atoms with Gasteiger partial charge in [-0.2, -0.15) is 0 Å². The zero-order chi connectivity index (χ0) is 23.4. The largest absolute Gasteiger partial charge is 0.490 e. The van der Waals surface area contributed by atoms with Gasteiger partial charge in [-0.15, -0.1) is 0 Å². The van der Waals surface area contributed by atoms with E-state index in [0.717, 1.165) is 18.5 Å². The highest BCUT2D eigenvalue weighted by molar-refractivity contribution is 7.92. The average molecular weight is 478 g/mol. The fourth-order valence-electron chi connectivity index (χ4n) is 3.80. The summed E-state index contributed by atoms with van der Waals surface area (Å²) in [5, 5.41) is 3.24. The Balaban J connectivity index is 1.49. The van der Waals surface area contributed by atoms with E-state index >= 15 is 0 Å². The highest BCUT2D eigenvalue weighted by Gasteiger charge is 2.28. The highest BCUT2D eigenvalue weighted by atomic mass is 32.2. The van der Waals surface area contributed by atoms with Crippen molar-refractivity contribution in [1.29, 1.82) is 0 Å². The number of sulfonamides is 1. The minimum Gasteiger partial charge on any atom is -0.490 e. The van der Waals surface area contributed by atoms with Crippen LogP contribution in [0.15, 0.2) is 59.8 Å². The molecule has 33 heavy (non-hydrogen) atoms. The van der Waals surface area contributed by atoms with Crippen LogP contribution in [0.2, 0.25) is 0 Å². The van der Waals surface area contributed by atoms with Crippen molar-refractivity contribution in [2.24, 2.45) is 5.92 Å². The lowest BCUT2D eigenvalue weighted by Gasteiger charge is -2.32. The van der Waals surface area contributed by atoms with Gasteiger partial charge in [0.25, 0.3) is 10.0 Å². The zero-order valence-electron chi connectivity index (χ0n) is 17.3. The molecule has 7 nitrogen and oxygen atoms in total. The van der Waals surface area contributed by atoms with Crippen LogP contribution in [-0.4, -0.2) is 38.1 Å². The predicted molar refractivity (Wildman–Crippen MR) is 115 cm³/mol. The van der Waals surface area contributed by atoms with Gasteiger partial charge in [-0.25, -0.2) is 36.3 Å². The molecule has 1 saturated heterocycles. The van der Waals surface area contributed by atoms with Crippen molar-refractivity contribution in [1.82, 2.24) is 15.3 Å². The molecule has 2 unspecified atom stereocenters. The van der Waals surface area contributed by atoms with Gasteiger partial charge in [-0.3, -0.25) is 0 Å². The summed E-state index contributed by atoms with van der Waals surface area (Å²) < 4.78 is 75.0. The maximum atomic E-state index is 14.6. The van der Waals surface area contributed by atoms with E-state index in [9.17, 15) is 21.6 Å². The van der Waals surface area contributed by atoms with Crippen LogP contribution in [0, 0.1) is 23.4 Å². The van der Waals surface area contributed by atoms with Gasteiger partial charge in [0.15, 0.2) is 11.6 Å². The molecule has 1 aliphatic rings. The van der Waals surface area contributed by atoms with E-state index < -0.39 is 32.3 Å². The van der Waals surface area contributed by atoms with E-state index in [4.69, 9.17) is 4.74 Å². The lowest BCUT2D eigenvalue weighted by molar-refractivity contribution is 0.190. The molecule has 1 aromatic heterocycles. The molecule has 0 radical (unpaired) electrons. The minimum absolute atomic E-state index is 0.0504. The molecule has 0 spiro atoms. The molecule has 0 aliphatic carbocycles. The molecule has 2 N–H and O–H groups in total. The summed E-state index contributed by atoms with van der Waals surface area (Å²) in [6.07, 6.45) is 3.39. The Morgan fingerprint density at radius 3 is 2.52 bits per heavy atom. The molecule has 1 aliphatic heterocycles. The Morgan fingerprint density at radius 1 is 1.06 bits per heavy atom. The summed E-state index contributed by atoms with van der Waals surface area (Å²) in [6.45, 7) is 1.42. The molecule has 0 amide bonds. The quantitative estimate of drug-likeness (QED) is 0.540. The summed E-state index contributed by atoms with van der Waals surface area (Å²) >= 11 is 0. The Kier molecular flexibility index (Phi) is 6.80. The average Bonchev–Trinajstić information content (AvgIpc) is 2.80. The number of piperidine rings is 1.